The lowest BCUT2D eigenvalue weighted by molar-refractivity contribution is -0.384. The van der Waals surface area contributed by atoms with Crippen LogP contribution in [0.1, 0.15) is 31.2 Å². The van der Waals surface area contributed by atoms with Crippen LogP contribution >= 0.6 is 17.0 Å². The molecule has 1 fully saturated rings. The van der Waals surface area contributed by atoms with E-state index in [1.54, 1.807) is 0 Å². The molecule has 2 N–H and O–H groups in total. The molecule has 0 saturated carbocycles. The van der Waals surface area contributed by atoms with E-state index in [1.165, 1.54) is 25.0 Å². The standard InChI is InChI=1S/C15H18N4O4.BrH/c20-14-15(21)17-13-10(9-18-5-3-1-2-4-6-18)7-11(19(22)23)8-12(13)16-14;/h7-8H,1-6,9H2,(H,16,20)(H,17,21);1H. The van der Waals surface area contributed by atoms with Gasteiger partial charge >= 0.3 is 11.1 Å². The molecular formula is C15H19BrN4O4. The number of benzene rings is 1. The third kappa shape index (κ3) is 3.90. The monoisotopic (exact) mass is 398 g/mol. The fourth-order valence-corrected chi connectivity index (χ4v) is 3.05. The number of rotatable bonds is 3. The van der Waals surface area contributed by atoms with Gasteiger partial charge in [0.15, 0.2) is 0 Å². The van der Waals surface area contributed by atoms with Crippen molar-refractivity contribution in [2.45, 2.75) is 32.2 Å². The van der Waals surface area contributed by atoms with Crippen LogP contribution in [0.25, 0.3) is 11.0 Å². The van der Waals surface area contributed by atoms with Crippen molar-refractivity contribution in [3.63, 3.8) is 0 Å². The summed E-state index contributed by atoms with van der Waals surface area (Å²) in [4.78, 5) is 40.9. The number of likely N-dealkylation sites (tertiary alicyclic amines) is 1. The zero-order chi connectivity index (χ0) is 16.4. The van der Waals surface area contributed by atoms with Crippen molar-refractivity contribution >= 4 is 33.7 Å². The molecule has 1 aromatic heterocycles. The second-order valence-corrected chi connectivity index (χ2v) is 5.88. The molecule has 0 amide bonds. The van der Waals surface area contributed by atoms with E-state index >= 15 is 0 Å². The summed E-state index contributed by atoms with van der Waals surface area (Å²) < 4.78 is 0. The Hall–Kier alpha value is -2.00. The van der Waals surface area contributed by atoms with E-state index in [2.05, 4.69) is 14.9 Å². The van der Waals surface area contributed by atoms with Crippen LogP contribution in [0, 0.1) is 10.1 Å². The van der Waals surface area contributed by atoms with E-state index < -0.39 is 16.0 Å². The second kappa shape index (κ2) is 7.71. The minimum atomic E-state index is -0.807. The summed E-state index contributed by atoms with van der Waals surface area (Å²) in [6, 6.07) is 2.75. The van der Waals surface area contributed by atoms with Gasteiger partial charge in [-0.05, 0) is 31.5 Å². The molecule has 1 aromatic carbocycles. The molecular weight excluding hydrogens is 380 g/mol. The summed E-state index contributed by atoms with van der Waals surface area (Å²) in [5.41, 5.74) is -0.241. The molecule has 130 valence electrons. The Morgan fingerprint density at radius 3 is 2.29 bits per heavy atom. The number of nitro benzene ring substituents is 1. The number of fused-ring (bicyclic) bond motifs is 1. The maximum absolute atomic E-state index is 11.6. The van der Waals surface area contributed by atoms with E-state index in [1.807, 2.05) is 0 Å². The third-order valence-electron chi connectivity index (χ3n) is 4.20. The number of aromatic amines is 2. The molecule has 0 bridgehead atoms. The molecule has 1 aliphatic rings. The highest BCUT2D eigenvalue weighted by Crippen LogP contribution is 2.23. The van der Waals surface area contributed by atoms with Crippen molar-refractivity contribution in [1.29, 1.82) is 0 Å². The van der Waals surface area contributed by atoms with Crippen LogP contribution in [0.4, 0.5) is 5.69 Å². The maximum atomic E-state index is 11.6. The van der Waals surface area contributed by atoms with Gasteiger partial charge in [-0.25, -0.2) is 0 Å². The molecule has 0 radical (unpaired) electrons. The van der Waals surface area contributed by atoms with E-state index in [4.69, 9.17) is 0 Å². The Morgan fingerprint density at radius 2 is 1.67 bits per heavy atom. The molecule has 0 atom stereocenters. The number of halogens is 1. The molecule has 24 heavy (non-hydrogen) atoms. The van der Waals surface area contributed by atoms with Crippen molar-refractivity contribution < 1.29 is 4.92 Å². The summed E-state index contributed by atoms with van der Waals surface area (Å²) in [6.45, 7) is 2.37. The van der Waals surface area contributed by atoms with E-state index in [-0.39, 0.29) is 28.2 Å². The molecule has 0 aliphatic carbocycles. The van der Waals surface area contributed by atoms with Gasteiger partial charge in [0.1, 0.15) is 0 Å². The van der Waals surface area contributed by atoms with Gasteiger partial charge in [-0.1, -0.05) is 12.8 Å². The van der Waals surface area contributed by atoms with E-state index in [9.17, 15) is 19.7 Å². The second-order valence-electron chi connectivity index (χ2n) is 5.88. The molecule has 1 aliphatic heterocycles. The molecule has 8 nitrogen and oxygen atoms in total. The van der Waals surface area contributed by atoms with Crippen molar-refractivity contribution in [2.75, 3.05) is 13.1 Å². The average Bonchev–Trinajstić information content (AvgIpc) is 2.77. The van der Waals surface area contributed by atoms with Gasteiger partial charge < -0.3 is 9.97 Å². The van der Waals surface area contributed by atoms with Gasteiger partial charge in [0.2, 0.25) is 0 Å². The van der Waals surface area contributed by atoms with Gasteiger partial charge in [0, 0.05) is 18.7 Å². The molecule has 0 unspecified atom stereocenters. The molecule has 3 rings (SSSR count). The van der Waals surface area contributed by atoms with Crippen LogP contribution in [0.2, 0.25) is 0 Å². The minimum Gasteiger partial charge on any atom is -0.316 e. The Bertz CT molecular complexity index is 853. The number of aromatic nitrogens is 2. The zero-order valence-electron chi connectivity index (χ0n) is 13.0. The van der Waals surface area contributed by atoms with Gasteiger partial charge in [0.05, 0.1) is 16.0 Å². The summed E-state index contributed by atoms with van der Waals surface area (Å²) in [5.74, 6) is 0. The first-order valence-corrected chi connectivity index (χ1v) is 7.70. The highest BCUT2D eigenvalue weighted by molar-refractivity contribution is 8.93. The van der Waals surface area contributed by atoms with Crippen molar-refractivity contribution in [2.24, 2.45) is 0 Å². The minimum absolute atomic E-state index is 0. The quantitative estimate of drug-likeness (QED) is 0.466. The van der Waals surface area contributed by atoms with Gasteiger partial charge in [-0.3, -0.25) is 24.6 Å². The summed E-state index contributed by atoms with van der Waals surface area (Å²) in [5, 5.41) is 11.1. The van der Waals surface area contributed by atoms with E-state index in [0.717, 1.165) is 25.9 Å². The predicted octanol–water partition coefficient (Wildman–Crippen LogP) is 2.08. The number of hydrogen-bond acceptors (Lipinski definition) is 5. The van der Waals surface area contributed by atoms with Gasteiger partial charge in [-0.15, -0.1) is 17.0 Å². The first-order chi connectivity index (χ1) is 11.0. The zero-order valence-corrected chi connectivity index (χ0v) is 14.8. The normalized spacial score (nSPS) is 15.7. The predicted molar refractivity (Wildman–Crippen MR) is 95.9 cm³/mol. The highest BCUT2D eigenvalue weighted by Gasteiger charge is 2.17. The van der Waals surface area contributed by atoms with Gasteiger partial charge in [-0.2, -0.15) is 0 Å². The van der Waals surface area contributed by atoms with Crippen molar-refractivity contribution in [1.82, 2.24) is 14.9 Å². The third-order valence-corrected chi connectivity index (χ3v) is 4.20. The Morgan fingerprint density at radius 1 is 1.04 bits per heavy atom. The maximum Gasteiger partial charge on any atom is 0.314 e. The topological polar surface area (TPSA) is 112 Å². The first kappa shape index (κ1) is 18.3. The Balaban J connectivity index is 0.00000208. The number of H-pyrrole nitrogens is 2. The molecule has 2 heterocycles. The van der Waals surface area contributed by atoms with Crippen molar-refractivity contribution in [3.05, 3.63) is 48.5 Å². The average molecular weight is 399 g/mol. The molecule has 0 spiro atoms. The summed E-state index contributed by atoms with van der Waals surface area (Å²) in [7, 11) is 0. The molecule has 9 heteroatoms. The van der Waals surface area contributed by atoms with Crippen LogP contribution < -0.4 is 11.1 Å². The number of nitrogens with zero attached hydrogens (tertiary/aromatic N) is 2. The highest BCUT2D eigenvalue weighted by atomic mass is 79.9. The SMILES string of the molecule is Br.O=c1[nH]c2cc([N+](=O)[O-])cc(CN3CCCCCC3)c2[nH]c1=O. The lowest BCUT2D eigenvalue weighted by atomic mass is 10.1. The van der Waals surface area contributed by atoms with Gasteiger partial charge in [0.25, 0.3) is 5.69 Å². The first-order valence-electron chi connectivity index (χ1n) is 7.70. The Kier molecular flexibility index (Phi) is 5.89. The fraction of sp³-hybridized carbons (Fsp3) is 0.467. The van der Waals surface area contributed by atoms with Crippen LogP contribution in [-0.4, -0.2) is 32.9 Å². The lowest BCUT2D eigenvalue weighted by Crippen LogP contribution is -2.30. The van der Waals surface area contributed by atoms with Crippen LogP contribution in [0.3, 0.4) is 0 Å². The van der Waals surface area contributed by atoms with Crippen molar-refractivity contribution in [3.8, 4) is 0 Å². The number of nitrogens with one attached hydrogen (secondary N) is 2. The molecule has 2 aromatic rings. The van der Waals surface area contributed by atoms with E-state index in [0.29, 0.717) is 17.6 Å². The lowest BCUT2D eigenvalue weighted by Gasteiger charge is -2.20. The van der Waals surface area contributed by atoms with Crippen LogP contribution in [0.5, 0.6) is 0 Å². The summed E-state index contributed by atoms with van der Waals surface area (Å²) >= 11 is 0. The molecule has 1 saturated heterocycles. The Labute approximate surface area is 147 Å². The van der Waals surface area contributed by atoms with Crippen LogP contribution in [-0.2, 0) is 6.54 Å². The summed E-state index contributed by atoms with van der Waals surface area (Å²) in [6.07, 6.45) is 4.58. The number of non-ortho nitro benzene ring substituents is 1. The smallest absolute Gasteiger partial charge is 0.314 e. The largest absolute Gasteiger partial charge is 0.316 e. The number of nitro groups is 1. The fourth-order valence-electron chi connectivity index (χ4n) is 3.05. The number of hydrogen-bond donors (Lipinski definition) is 2. The van der Waals surface area contributed by atoms with Crippen LogP contribution in [0.15, 0.2) is 21.7 Å².